The van der Waals surface area contributed by atoms with E-state index >= 15 is 0 Å². The smallest absolute Gasteiger partial charge is 0.380 e. The summed E-state index contributed by atoms with van der Waals surface area (Å²) in [5.41, 5.74) is 0. The first-order chi connectivity index (χ1) is 9.61. The molecule has 0 N–H and O–H groups in total. The van der Waals surface area contributed by atoms with Crippen LogP contribution < -0.4 is 4.52 Å². The Morgan fingerprint density at radius 3 is 2.10 bits per heavy atom. The topological polar surface area (TPSA) is 27.7 Å². The summed E-state index contributed by atoms with van der Waals surface area (Å²) < 4.78 is 17.2. The zero-order valence-corrected chi connectivity index (χ0v) is 14.5. The Balaban J connectivity index is 2.70. The Hall–Kier alpha value is -0.120. The van der Waals surface area contributed by atoms with Crippen molar-refractivity contribution < 1.29 is 13.6 Å². The molecule has 0 aliphatic heterocycles. The molecule has 6 heteroatoms. The molecule has 114 valence electrons. The van der Waals surface area contributed by atoms with Gasteiger partial charge in [0.25, 0.3) is 0 Å². The minimum absolute atomic E-state index is 0.514. The largest absolute Gasteiger partial charge is 0.423 e. The van der Waals surface area contributed by atoms with E-state index in [4.69, 9.17) is 37.0 Å². The summed E-state index contributed by atoms with van der Waals surface area (Å²) in [6.45, 7) is 2.51. The third-order valence-corrected chi connectivity index (χ3v) is 5.13. The predicted octanol–water partition coefficient (Wildman–Crippen LogP) is 5.58. The van der Waals surface area contributed by atoms with Crippen molar-refractivity contribution in [2.24, 2.45) is 0 Å². The van der Waals surface area contributed by atoms with E-state index in [-0.39, 0.29) is 0 Å². The molecule has 0 saturated carbocycles. The van der Waals surface area contributed by atoms with Crippen LogP contribution in [0.2, 0.25) is 5.02 Å². The number of benzene rings is 1. The van der Waals surface area contributed by atoms with Gasteiger partial charge in [-0.1, -0.05) is 50.4 Å². The molecule has 0 atom stereocenters. The minimum Gasteiger partial charge on any atom is -0.423 e. The second-order valence-corrected chi connectivity index (χ2v) is 7.68. The Morgan fingerprint density at radius 2 is 1.60 bits per heavy atom. The molecular formula is C14H22ClO3PS. The average Bonchev–Trinajstić information content (AvgIpc) is 2.42. The van der Waals surface area contributed by atoms with Crippen LogP contribution in [0.4, 0.5) is 0 Å². The maximum absolute atomic E-state index is 6.09. The van der Waals surface area contributed by atoms with Gasteiger partial charge in [-0.2, -0.15) is 0 Å². The van der Waals surface area contributed by atoms with Crippen LogP contribution in [0.15, 0.2) is 24.3 Å². The molecule has 1 aromatic carbocycles. The van der Waals surface area contributed by atoms with E-state index in [0.717, 1.165) is 25.7 Å². The van der Waals surface area contributed by atoms with Crippen molar-refractivity contribution in [3.05, 3.63) is 29.3 Å². The van der Waals surface area contributed by atoms with Gasteiger partial charge in [-0.3, -0.25) is 9.05 Å². The molecule has 0 radical (unpaired) electrons. The number of hydrogen-bond acceptors (Lipinski definition) is 4. The van der Waals surface area contributed by atoms with E-state index in [1.807, 2.05) is 12.1 Å². The first kappa shape index (κ1) is 17.9. The van der Waals surface area contributed by atoms with E-state index in [0.29, 0.717) is 24.0 Å². The van der Waals surface area contributed by atoms with Gasteiger partial charge in [-0.25, -0.2) is 0 Å². The van der Waals surface area contributed by atoms with Gasteiger partial charge >= 0.3 is 6.72 Å². The van der Waals surface area contributed by atoms with Crippen molar-refractivity contribution in [1.29, 1.82) is 0 Å². The Bertz CT molecular complexity index is 428. The summed E-state index contributed by atoms with van der Waals surface area (Å²) in [6, 6.07) is 7.22. The van der Waals surface area contributed by atoms with Crippen molar-refractivity contribution in [3.63, 3.8) is 0 Å². The van der Waals surface area contributed by atoms with Crippen LogP contribution in [0.25, 0.3) is 0 Å². The molecule has 3 nitrogen and oxygen atoms in total. The molecule has 0 saturated heterocycles. The molecule has 0 aromatic heterocycles. The maximum Gasteiger partial charge on any atom is 0.380 e. The standard InChI is InChI=1S/C14H22ClO3PS/c1-3-5-11-16-19(20,17-12-6-4-2)18-14-10-8-7-9-13(14)15/h7-10H,3-6,11-12H2,1-2H3. The summed E-state index contributed by atoms with van der Waals surface area (Å²) in [5.74, 6) is 0.519. The first-order valence-corrected chi connectivity index (χ1v) is 9.88. The van der Waals surface area contributed by atoms with Crippen LogP contribution >= 0.6 is 18.3 Å². The predicted molar refractivity (Wildman–Crippen MR) is 88.1 cm³/mol. The normalized spacial score (nSPS) is 11.6. The van der Waals surface area contributed by atoms with E-state index in [1.54, 1.807) is 12.1 Å². The lowest BCUT2D eigenvalue weighted by Crippen LogP contribution is -2.05. The van der Waals surface area contributed by atoms with Crippen molar-refractivity contribution >= 4 is 30.1 Å². The molecule has 0 aliphatic rings. The van der Waals surface area contributed by atoms with Gasteiger partial charge in [0.2, 0.25) is 0 Å². The van der Waals surface area contributed by atoms with Crippen LogP contribution in [0.1, 0.15) is 39.5 Å². The molecule has 0 amide bonds. The van der Waals surface area contributed by atoms with Gasteiger partial charge in [0.1, 0.15) is 5.75 Å². The molecule has 0 fully saturated rings. The van der Waals surface area contributed by atoms with Crippen molar-refractivity contribution in [1.82, 2.24) is 0 Å². The Kier molecular flexibility index (Phi) is 8.74. The highest BCUT2D eigenvalue weighted by Crippen LogP contribution is 2.51. The molecule has 0 spiro atoms. The molecule has 20 heavy (non-hydrogen) atoms. The van der Waals surface area contributed by atoms with Crippen molar-refractivity contribution in [2.75, 3.05) is 13.2 Å². The second-order valence-electron chi connectivity index (χ2n) is 4.34. The monoisotopic (exact) mass is 336 g/mol. The van der Waals surface area contributed by atoms with Crippen LogP contribution in [0.3, 0.4) is 0 Å². The van der Waals surface area contributed by atoms with Gasteiger partial charge in [-0.05, 0) is 25.0 Å². The average molecular weight is 337 g/mol. The number of para-hydroxylation sites is 1. The van der Waals surface area contributed by atoms with Crippen LogP contribution in [0.5, 0.6) is 5.75 Å². The fourth-order valence-electron chi connectivity index (χ4n) is 1.37. The molecule has 1 aromatic rings. The van der Waals surface area contributed by atoms with Crippen LogP contribution in [-0.2, 0) is 20.9 Å². The zero-order valence-electron chi connectivity index (χ0n) is 12.0. The summed E-state index contributed by atoms with van der Waals surface area (Å²) in [5, 5.41) is 0.514. The SMILES string of the molecule is CCCCOP(=S)(OCCCC)Oc1ccccc1Cl. The third kappa shape index (κ3) is 6.55. The van der Waals surface area contributed by atoms with E-state index in [2.05, 4.69) is 13.8 Å². The van der Waals surface area contributed by atoms with Gasteiger partial charge < -0.3 is 4.52 Å². The van der Waals surface area contributed by atoms with E-state index < -0.39 is 6.72 Å². The fourth-order valence-corrected chi connectivity index (χ4v) is 3.57. The number of hydrogen-bond donors (Lipinski definition) is 0. The fraction of sp³-hybridized carbons (Fsp3) is 0.571. The van der Waals surface area contributed by atoms with Gasteiger partial charge in [0.15, 0.2) is 0 Å². The summed E-state index contributed by atoms with van der Waals surface area (Å²) in [4.78, 5) is 0. The summed E-state index contributed by atoms with van der Waals surface area (Å²) >= 11 is 11.5. The highest BCUT2D eigenvalue weighted by atomic mass is 35.5. The lowest BCUT2D eigenvalue weighted by Gasteiger charge is -2.22. The molecule has 0 bridgehead atoms. The minimum atomic E-state index is -2.78. The van der Waals surface area contributed by atoms with Crippen LogP contribution in [-0.4, -0.2) is 13.2 Å². The van der Waals surface area contributed by atoms with E-state index in [9.17, 15) is 0 Å². The van der Waals surface area contributed by atoms with E-state index in [1.165, 1.54) is 0 Å². The second kappa shape index (κ2) is 9.75. The quantitative estimate of drug-likeness (QED) is 0.412. The highest BCUT2D eigenvalue weighted by Gasteiger charge is 2.23. The first-order valence-electron chi connectivity index (χ1n) is 6.94. The third-order valence-electron chi connectivity index (χ3n) is 2.54. The van der Waals surface area contributed by atoms with Gasteiger partial charge in [0.05, 0.1) is 18.2 Å². The lowest BCUT2D eigenvalue weighted by atomic mass is 10.3. The summed E-state index contributed by atoms with van der Waals surface area (Å²) in [7, 11) is 0. The van der Waals surface area contributed by atoms with Gasteiger partial charge in [0, 0.05) is 11.8 Å². The highest BCUT2D eigenvalue weighted by molar-refractivity contribution is 8.07. The molecule has 0 unspecified atom stereocenters. The van der Waals surface area contributed by atoms with Crippen molar-refractivity contribution in [3.8, 4) is 5.75 Å². The number of rotatable bonds is 10. The maximum atomic E-state index is 6.09. The molecule has 0 aliphatic carbocycles. The molecular weight excluding hydrogens is 315 g/mol. The Labute approximate surface area is 131 Å². The van der Waals surface area contributed by atoms with Crippen LogP contribution in [0, 0.1) is 0 Å². The van der Waals surface area contributed by atoms with Crippen molar-refractivity contribution in [2.45, 2.75) is 39.5 Å². The zero-order chi connectivity index (χ0) is 14.8. The molecule has 1 rings (SSSR count). The molecule has 0 heterocycles. The number of unbranched alkanes of at least 4 members (excludes halogenated alkanes) is 2. The Morgan fingerprint density at radius 1 is 1.05 bits per heavy atom. The lowest BCUT2D eigenvalue weighted by molar-refractivity contribution is 0.198. The number of halogens is 1. The summed E-state index contributed by atoms with van der Waals surface area (Å²) in [6.07, 6.45) is 3.94. The van der Waals surface area contributed by atoms with Gasteiger partial charge in [-0.15, -0.1) is 0 Å².